The number of likely N-dealkylation sites (N-methyl/N-ethyl adjacent to an activating group) is 1. The van der Waals surface area contributed by atoms with Gasteiger partial charge in [-0.3, -0.25) is 4.79 Å². The number of ether oxygens (including phenoxy) is 1. The summed E-state index contributed by atoms with van der Waals surface area (Å²) in [6.45, 7) is 2.82. The van der Waals surface area contributed by atoms with E-state index in [4.69, 9.17) is 4.74 Å². The Kier molecular flexibility index (Phi) is 4.31. The minimum Gasteiger partial charge on any atom is -0.508 e. The molecule has 1 aromatic carbocycles. The highest BCUT2D eigenvalue weighted by Gasteiger charge is 2.12. The van der Waals surface area contributed by atoms with Gasteiger partial charge in [-0.25, -0.2) is 0 Å². The van der Waals surface area contributed by atoms with Crippen molar-refractivity contribution in [3.05, 3.63) is 29.3 Å². The van der Waals surface area contributed by atoms with Crippen LogP contribution >= 0.6 is 0 Å². The Labute approximate surface area is 95.5 Å². The summed E-state index contributed by atoms with van der Waals surface area (Å²) < 4.78 is 4.90. The first-order chi connectivity index (χ1) is 7.56. The van der Waals surface area contributed by atoms with Crippen molar-refractivity contribution in [3.63, 3.8) is 0 Å². The van der Waals surface area contributed by atoms with Crippen LogP contribution in [0.25, 0.3) is 0 Å². The summed E-state index contributed by atoms with van der Waals surface area (Å²) in [5, 5.41) is 9.51. The molecule has 1 amide bonds. The van der Waals surface area contributed by atoms with Gasteiger partial charge in [0.15, 0.2) is 0 Å². The van der Waals surface area contributed by atoms with E-state index in [0.29, 0.717) is 18.7 Å². The third-order valence-corrected chi connectivity index (χ3v) is 2.43. The predicted octanol–water partition coefficient (Wildman–Crippen LogP) is 1.42. The van der Waals surface area contributed by atoms with Gasteiger partial charge >= 0.3 is 0 Å². The summed E-state index contributed by atoms with van der Waals surface area (Å²) in [5.74, 6) is 0.0262. The second kappa shape index (κ2) is 5.51. The molecule has 1 rings (SSSR count). The van der Waals surface area contributed by atoms with Crippen molar-refractivity contribution in [1.82, 2.24) is 4.90 Å². The fourth-order valence-corrected chi connectivity index (χ4v) is 1.29. The minimum atomic E-state index is -0.118. The third kappa shape index (κ3) is 2.97. The smallest absolute Gasteiger partial charge is 0.253 e. The molecule has 16 heavy (non-hydrogen) atoms. The molecule has 0 saturated heterocycles. The summed E-state index contributed by atoms with van der Waals surface area (Å²) >= 11 is 0. The maximum absolute atomic E-state index is 11.9. The number of aryl methyl sites for hydroxylation is 1. The number of carbonyl (C=O) groups excluding carboxylic acids is 1. The van der Waals surface area contributed by atoms with Crippen LogP contribution in [0.3, 0.4) is 0 Å². The highest BCUT2D eigenvalue weighted by molar-refractivity contribution is 5.94. The lowest BCUT2D eigenvalue weighted by molar-refractivity contribution is 0.0744. The molecule has 0 radical (unpaired) electrons. The molecule has 0 saturated carbocycles. The minimum absolute atomic E-state index is 0.118. The number of rotatable bonds is 4. The van der Waals surface area contributed by atoms with Gasteiger partial charge in [-0.15, -0.1) is 0 Å². The number of aromatic hydroxyl groups is 1. The van der Waals surface area contributed by atoms with Crippen molar-refractivity contribution < 1.29 is 14.6 Å². The van der Waals surface area contributed by atoms with Crippen LogP contribution < -0.4 is 0 Å². The standard InChI is InChI=1S/C12H17NO3/c1-9-4-5-10(8-11(9)14)12(15)13(2)6-7-16-3/h4-5,8,14H,6-7H2,1-3H3. The molecule has 1 aromatic rings. The first kappa shape index (κ1) is 12.5. The molecular formula is C12H17NO3. The second-order valence-electron chi connectivity index (χ2n) is 3.72. The number of nitrogens with zero attached hydrogens (tertiary/aromatic N) is 1. The van der Waals surface area contributed by atoms with E-state index in [2.05, 4.69) is 0 Å². The SMILES string of the molecule is COCCN(C)C(=O)c1ccc(C)c(O)c1. The first-order valence-corrected chi connectivity index (χ1v) is 5.10. The predicted molar refractivity (Wildman–Crippen MR) is 61.7 cm³/mol. The van der Waals surface area contributed by atoms with Gasteiger partial charge in [-0.05, 0) is 24.6 Å². The second-order valence-corrected chi connectivity index (χ2v) is 3.72. The molecule has 0 fully saturated rings. The fourth-order valence-electron chi connectivity index (χ4n) is 1.29. The Balaban J connectivity index is 2.76. The Hall–Kier alpha value is -1.55. The largest absolute Gasteiger partial charge is 0.508 e. The van der Waals surface area contributed by atoms with Crippen LogP contribution in [0.2, 0.25) is 0 Å². The van der Waals surface area contributed by atoms with E-state index >= 15 is 0 Å². The van der Waals surface area contributed by atoms with Crippen LogP contribution in [-0.2, 0) is 4.74 Å². The highest BCUT2D eigenvalue weighted by atomic mass is 16.5. The number of methoxy groups -OCH3 is 1. The van der Waals surface area contributed by atoms with E-state index in [9.17, 15) is 9.90 Å². The van der Waals surface area contributed by atoms with Gasteiger partial charge in [-0.2, -0.15) is 0 Å². The molecule has 1 N–H and O–H groups in total. The fraction of sp³-hybridized carbons (Fsp3) is 0.417. The lowest BCUT2D eigenvalue weighted by Crippen LogP contribution is -2.29. The van der Waals surface area contributed by atoms with Crippen molar-refractivity contribution in [2.75, 3.05) is 27.3 Å². The Morgan fingerprint density at radius 2 is 2.19 bits per heavy atom. The molecular weight excluding hydrogens is 206 g/mol. The van der Waals surface area contributed by atoms with Crippen LogP contribution in [0.1, 0.15) is 15.9 Å². The Morgan fingerprint density at radius 1 is 1.50 bits per heavy atom. The lowest BCUT2D eigenvalue weighted by atomic mass is 10.1. The Morgan fingerprint density at radius 3 is 2.75 bits per heavy atom. The zero-order valence-electron chi connectivity index (χ0n) is 9.86. The first-order valence-electron chi connectivity index (χ1n) is 5.10. The van der Waals surface area contributed by atoms with Crippen molar-refractivity contribution in [1.29, 1.82) is 0 Å². The van der Waals surface area contributed by atoms with E-state index < -0.39 is 0 Å². The van der Waals surface area contributed by atoms with Gasteiger partial charge in [0.1, 0.15) is 5.75 Å². The molecule has 0 aliphatic rings. The van der Waals surface area contributed by atoms with Crippen molar-refractivity contribution in [2.24, 2.45) is 0 Å². The van der Waals surface area contributed by atoms with Crippen LogP contribution in [0.5, 0.6) is 5.75 Å². The molecule has 0 atom stereocenters. The van der Waals surface area contributed by atoms with Gasteiger partial charge < -0.3 is 14.7 Å². The van der Waals surface area contributed by atoms with Crippen molar-refractivity contribution in [2.45, 2.75) is 6.92 Å². The molecule has 0 heterocycles. The average Bonchev–Trinajstić information content (AvgIpc) is 2.28. The lowest BCUT2D eigenvalue weighted by Gasteiger charge is -2.16. The quantitative estimate of drug-likeness (QED) is 0.839. The molecule has 0 aliphatic carbocycles. The normalized spacial score (nSPS) is 10.2. The summed E-state index contributed by atoms with van der Waals surface area (Å²) in [5.41, 5.74) is 1.25. The maximum atomic E-state index is 11.9. The molecule has 0 aromatic heterocycles. The van der Waals surface area contributed by atoms with E-state index in [0.717, 1.165) is 5.56 Å². The van der Waals surface area contributed by atoms with Gasteiger partial charge in [-0.1, -0.05) is 6.07 Å². The summed E-state index contributed by atoms with van der Waals surface area (Å²) in [7, 11) is 3.30. The van der Waals surface area contributed by atoms with Gasteiger partial charge in [0, 0.05) is 26.3 Å². The van der Waals surface area contributed by atoms with Gasteiger partial charge in [0.25, 0.3) is 5.91 Å². The number of hydrogen-bond donors (Lipinski definition) is 1. The van der Waals surface area contributed by atoms with Crippen LogP contribution in [0, 0.1) is 6.92 Å². The molecule has 0 unspecified atom stereocenters. The average molecular weight is 223 g/mol. The summed E-state index contributed by atoms with van der Waals surface area (Å²) in [6.07, 6.45) is 0. The number of hydrogen-bond acceptors (Lipinski definition) is 3. The van der Waals surface area contributed by atoms with Gasteiger partial charge in [0.05, 0.1) is 6.61 Å². The molecule has 0 bridgehead atoms. The number of amides is 1. The van der Waals surface area contributed by atoms with E-state index in [1.807, 2.05) is 0 Å². The molecule has 4 nitrogen and oxygen atoms in total. The number of carbonyl (C=O) groups is 1. The van der Waals surface area contributed by atoms with Crippen LogP contribution in [0.15, 0.2) is 18.2 Å². The van der Waals surface area contributed by atoms with Gasteiger partial charge in [0.2, 0.25) is 0 Å². The molecule has 88 valence electrons. The van der Waals surface area contributed by atoms with Crippen LogP contribution in [-0.4, -0.2) is 43.2 Å². The monoisotopic (exact) mass is 223 g/mol. The third-order valence-electron chi connectivity index (χ3n) is 2.43. The summed E-state index contributed by atoms with van der Waals surface area (Å²) in [6, 6.07) is 4.92. The topological polar surface area (TPSA) is 49.8 Å². The number of phenols is 1. The van der Waals surface area contributed by atoms with E-state index in [1.54, 1.807) is 38.1 Å². The zero-order chi connectivity index (χ0) is 12.1. The number of benzene rings is 1. The van der Waals surface area contributed by atoms with Crippen molar-refractivity contribution >= 4 is 5.91 Å². The Bertz CT molecular complexity index is 377. The molecule has 0 aliphatic heterocycles. The molecule has 4 heteroatoms. The van der Waals surface area contributed by atoms with E-state index in [1.165, 1.54) is 6.07 Å². The summed E-state index contributed by atoms with van der Waals surface area (Å²) in [4.78, 5) is 13.4. The van der Waals surface area contributed by atoms with E-state index in [-0.39, 0.29) is 11.7 Å². The molecule has 0 spiro atoms. The number of phenolic OH excluding ortho intramolecular Hbond substituents is 1. The zero-order valence-corrected chi connectivity index (χ0v) is 9.86. The van der Waals surface area contributed by atoms with Crippen molar-refractivity contribution in [3.8, 4) is 5.75 Å². The maximum Gasteiger partial charge on any atom is 0.253 e. The van der Waals surface area contributed by atoms with Crippen LogP contribution in [0.4, 0.5) is 0 Å². The highest BCUT2D eigenvalue weighted by Crippen LogP contribution is 2.18.